The van der Waals surface area contributed by atoms with Gasteiger partial charge in [-0.25, -0.2) is 0 Å². The number of hydrogen-bond donors (Lipinski definition) is 1. The van der Waals surface area contributed by atoms with Gasteiger partial charge in [0, 0.05) is 18.5 Å². The van der Waals surface area contributed by atoms with Crippen molar-refractivity contribution in [3.63, 3.8) is 0 Å². The van der Waals surface area contributed by atoms with Crippen LogP contribution in [0.25, 0.3) is 5.76 Å². The van der Waals surface area contributed by atoms with E-state index in [1.807, 2.05) is 73.7 Å². The molecule has 0 aromatic heterocycles. The monoisotopic (exact) mass is 511 g/mol. The number of likely N-dealkylation sites (tertiary alicyclic amines) is 1. The van der Waals surface area contributed by atoms with Crippen molar-refractivity contribution in [3.05, 3.63) is 101 Å². The number of carbonyl (C=O) groups is 2. The zero-order valence-electron chi connectivity index (χ0n) is 21.9. The third-order valence-electron chi connectivity index (χ3n) is 7.16. The number of unbranched alkanes of at least 4 members (excludes halogenated alkanes) is 1. The standard InChI is InChI=1S/C32H33NO5/c1-3-4-18-37-26-13-10-23(11-14-26)29-28(30(34)24-12-15-27-25(20-24)19-21(2)38-27)31(35)32(36)33(29)17-16-22-8-6-5-7-9-22/h5-15,20-21,29,34H,3-4,16-19H2,1-2H3/b30-28+/t21-,29-/m1/s1. The van der Waals surface area contributed by atoms with Crippen LogP contribution in [0.5, 0.6) is 11.5 Å². The molecule has 3 aromatic carbocycles. The van der Waals surface area contributed by atoms with Crippen LogP contribution in [0.4, 0.5) is 0 Å². The molecule has 0 spiro atoms. The highest BCUT2D eigenvalue weighted by molar-refractivity contribution is 6.46. The second-order valence-electron chi connectivity index (χ2n) is 9.95. The maximum Gasteiger partial charge on any atom is 0.295 e. The van der Waals surface area contributed by atoms with E-state index in [9.17, 15) is 14.7 Å². The fourth-order valence-corrected chi connectivity index (χ4v) is 5.16. The minimum atomic E-state index is -0.702. The first kappa shape index (κ1) is 25.6. The van der Waals surface area contributed by atoms with Crippen LogP contribution in [0.15, 0.2) is 78.4 Å². The summed E-state index contributed by atoms with van der Waals surface area (Å²) >= 11 is 0. The Labute approximate surface area is 223 Å². The van der Waals surface area contributed by atoms with Crippen molar-refractivity contribution < 1.29 is 24.2 Å². The highest BCUT2D eigenvalue weighted by atomic mass is 16.5. The van der Waals surface area contributed by atoms with Crippen LogP contribution in [-0.4, -0.2) is 41.0 Å². The fraction of sp³-hybridized carbons (Fsp3) is 0.312. The molecule has 5 rings (SSSR count). The van der Waals surface area contributed by atoms with E-state index in [0.717, 1.165) is 47.5 Å². The zero-order chi connectivity index (χ0) is 26.6. The number of nitrogens with zero attached hydrogens (tertiary/aromatic N) is 1. The normalized spacial score (nSPS) is 19.9. The van der Waals surface area contributed by atoms with Crippen molar-refractivity contribution in [2.75, 3.05) is 13.2 Å². The summed E-state index contributed by atoms with van der Waals surface area (Å²) in [6.07, 6.45) is 3.39. The number of hydrogen-bond acceptors (Lipinski definition) is 5. The third-order valence-corrected chi connectivity index (χ3v) is 7.16. The molecular weight excluding hydrogens is 478 g/mol. The summed E-state index contributed by atoms with van der Waals surface area (Å²) in [5.74, 6) is 0.0766. The van der Waals surface area contributed by atoms with Gasteiger partial charge in [0.25, 0.3) is 11.7 Å². The van der Waals surface area contributed by atoms with Gasteiger partial charge in [-0.05, 0) is 66.8 Å². The van der Waals surface area contributed by atoms with E-state index < -0.39 is 17.7 Å². The zero-order valence-corrected chi connectivity index (χ0v) is 21.9. The van der Waals surface area contributed by atoms with Gasteiger partial charge in [-0.1, -0.05) is 55.8 Å². The molecule has 38 heavy (non-hydrogen) atoms. The molecule has 0 saturated carbocycles. The molecule has 6 heteroatoms. The first-order chi connectivity index (χ1) is 18.5. The minimum absolute atomic E-state index is 0.0593. The summed E-state index contributed by atoms with van der Waals surface area (Å²) in [7, 11) is 0. The lowest BCUT2D eigenvalue weighted by molar-refractivity contribution is -0.139. The lowest BCUT2D eigenvalue weighted by Crippen LogP contribution is -2.31. The lowest BCUT2D eigenvalue weighted by Gasteiger charge is -2.25. The lowest BCUT2D eigenvalue weighted by atomic mass is 9.94. The predicted molar refractivity (Wildman–Crippen MR) is 146 cm³/mol. The molecule has 6 nitrogen and oxygen atoms in total. The summed E-state index contributed by atoms with van der Waals surface area (Å²) in [5, 5.41) is 11.5. The number of Topliss-reactive ketones (excluding diaryl/α,β-unsaturated/α-hetero) is 1. The van der Waals surface area contributed by atoms with Gasteiger partial charge in [0.05, 0.1) is 18.2 Å². The van der Waals surface area contributed by atoms with Crippen LogP contribution in [-0.2, 0) is 22.4 Å². The quantitative estimate of drug-likeness (QED) is 0.169. The van der Waals surface area contributed by atoms with E-state index in [-0.39, 0.29) is 17.4 Å². The van der Waals surface area contributed by atoms with Crippen molar-refractivity contribution in [1.82, 2.24) is 4.90 Å². The van der Waals surface area contributed by atoms with Crippen LogP contribution in [0, 0.1) is 0 Å². The number of ketones is 1. The highest BCUT2D eigenvalue weighted by Gasteiger charge is 2.46. The molecule has 0 aliphatic carbocycles. The van der Waals surface area contributed by atoms with Gasteiger partial charge in [-0.3, -0.25) is 9.59 Å². The maximum absolute atomic E-state index is 13.4. The van der Waals surface area contributed by atoms with Gasteiger partial charge >= 0.3 is 0 Å². The van der Waals surface area contributed by atoms with Gasteiger partial charge in [0.1, 0.15) is 23.4 Å². The Hall–Kier alpha value is -4.06. The summed E-state index contributed by atoms with van der Waals surface area (Å²) in [5.41, 5.74) is 3.41. The first-order valence-electron chi connectivity index (χ1n) is 13.3. The molecule has 1 fully saturated rings. The Morgan fingerprint density at radius 1 is 1.05 bits per heavy atom. The number of carbonyl (C=O) groups excluding carboxylic acids is 2. The smallest absolute Gasteiger partial charge is 0.295 e. The molecule has 196 valence electrons. The fourth-order valence-electron chi connectivity index (χ4n) is 5.16. The Bertz CT molecular complexity index is 1350. The third kappa shape index (κ3) is 5.17. The van der Waals surface area contributed by atoms with E-state index in [1.165, 1.54) is 0 Å². The van der Waals surface area contributed by atoms with Gasteiger partial charge in [0.2, 0.25) is 0 Å². The van der Waals surface area contributed by atoms with Crippen molar-refractivity contribution >= 4 is 17.4 Å². The van der Waals surface area contributed by atoms with Crippen LogP contribution in [0.1, 0.15) is 55.0 Å². The number of rotatable bonds is 9. The minimum Gasteiger partial charge on any atom is -0.507 e. The van der Waals surface area contributed by atoms with E-state index in [2.05, 4.69) is 6.92 Å². The van der Waals surface area contributed by atoms with Crippen LogP contribution in [0.3, 0.4) is 0 Å². The number of aliphatic hydroxyl groups is 1. The molecular formula is C32H33NO5. The second-order valence-corrected chi connectivity index (χ2v) is 9.95. The predicted octanol–water partition coefficient (Wildman–Crippen LogP) is 5.85. The molecule has 1 amide bonds. The van der Waals surface area contributed by atoms with E-state index in [1.54, 1.807) is 11.0 Å². The van der Waals surface area contributed by atoms with Gasteiger partial charge in [-0.15, -0.1) is 0 Å². The molecule has 2 heterocycles. The van der Waals surface area contributed by atoms with Crippen molar-refractivity contribution in [1.29, 1.82) is 0 Å². The average molecular weight is 512 g/mol. The van der Waals surface area contributed by atoms with Crippen molar-refractivity contribution in [2.45, 2.75) is 51.7 Å². The number of ether oxygens (including phenoxy) is 2. The molecule has 1 saturated heterocycles. The topological polar surface area (TPSA) is 76.1 Å². The van der Waals surface area contributed by atoms with E-state index in [4.69, 9.17) is 9.47 Å². The Balaban J connectivity index is 1.52. The molecule has 2 aliphatic rings. The first-order valence-corrected chi connectivity index (χ1v) is 13.3. The molecule has 1 N–H and O–H groups in total. The molecule has 2 aliphatic heterocycles. The number of fused-ring (bicyclic) bond motifs is 1. The van der Waals surface area contributed by atoms with E-state index >= 15 is 0 Å². The summed E-state index contributed by atoms with van der Waals surface area (Å²) in [4.78, 5) is 28.3. The molecule has 2 atom stereocenters. The molecule has 0 radical (unpaired) electrons. The average Bonchev–Trinajstić information content (AvgIpc) is 3.43. The number of amides is 1. The largest absolute Gasteiger partial charge is 0.507 e. The summed E-state index contributed by atoms with van der Waals surface area (Å²) in [6.45, 7) is 5.08. The SMILES string of the molecule is CCCCOc1ccc([C@@H]2/C(=C(\O)c3ccc4c(c3)C[C@@H](C)O4)C(=O)C(=O)N2CCc2ccccc2)cc1. The Kier molecular flexibility index (Phi) is 7.50. The van der Waals surface area contributed by atoms with Gasteiger partial charge < -0.3 is 19.5 Å². The van der Waals surface area contributed by atoms with Gasteiger partial charge in [-0.2, -0.15) is 0 Å². The number of benzene rings is 3. The maximum atomic E-state index is 13.4. The summed E-state index contributed by atoms with van der Waals surface area (Å²) < 4.78 is 11.6. The molecule has 0 bridgehead atoms. The molecule has 0 unspecified atom stereocenters. The number of aliphatic hydroxyl groups excluding tert-OH is 1. The van der Waals surface area contributed by atoms with Crippen molar-refractivity contribution in [3.8, 4) is 11.5 Å². The molecule has 3 aromatic rings. The highest BCUT2D eigenvalue weighted by Crippen LogP contribution is 2.41. The van der Waals surface area contributed by atoms with Gasteiger partial charge in [0.15, 0.2) is 0 Å². The second kappa shape index (κ2) is 11.1. The summed E-state index contributed by atoms with van der Waals surface area (Å²) in [6, 6.07) is 22.0. The van der Waals surface area contributed by atoms with Crippen LogP contribution in [0.2, 0.25) is 0 Å². The Morgan fingerprint density at radius 3 is 2.55 bits per heavy atom. The Morgan fingerprint density at radius 2 is 1.82 bits per heavy atom. The van der Waals surface area contributed by atoms with E-state index in [0.29, 0.717) is 25.1 Å². The van der Waals surface area contributed by atoms with Crippen molar-refractivity contribution in [2.24, 2.45) is 0 Å². The van der Waals surface area contributed by atoms with Crippen LogP contribution >= 0.6 is 0 Å². The van der Waals surface area contributed by atoms with Crippen LogP contribution < -0.4 is 9.47 Å².